The first kappa shape index (κ1) is 23.0. The number of carbonyl (C=O) groups is 2. The molecule has 1 amide bonds. The summed E-state index contributed by atoms with van der Waals surface area (Å²) in [6.45, 7) is 2.48. The van der Waals surface area contributed by atoms with Gasteiger partial charge in [0.25, 0.3) is 5.91 Å². The Morgan fingerprint density at radius 1 is 1.26 bits per heavy atom. The van der Waals surface area contributed by atoms with Crippen molar-refractivity contribution in [2.75, 3.05) is 12.4 Å². The van der Waals surface area contributed by atoms with E-state index >= 15 is 0 Å². The zero-order chi connectivity index (χ0) is 24.1. The molecule has 2 heterocycles. The highest BCUT2D eigenvalue weighted by Gasteiger charge is 2.31. The maximum absolute atomic E-state index is 12.1. The number of aromatic nitrogens is 1. The van der Waals surface area contributed by atoms with E-state index in [-0.39, 0.29) is 29.4 Å². The molecular formula is C25H26N4O5. The second-order valence-corrected chi connectivity index (χ2v) is 8.04. The standard InChI is InChI=1S/C25H26N4O5/c1-3-17-12-20(15-30)29(28-24(17)18-6-9-22(33-2)21(31)13-18)14-16-4-7-19(8-5-16)27-25(32)23-10-11-26-34-23/h4-11,13,15,17,20,31H,3,12,14H2,1-2H3,(H,27,32)/t17-,20?/m1/s1. The van der Waals surface area contributed by atoms with Crippen molar-refractivity contribution in [3.63, 3.8) is 0 Å². The zero-order valence-corrected chi connectivity index (χ0v) is 19.0. The number of phenols is 1. The van der Waals surface area contributed by atoms with E-state index in [4.69, 9.17) is 14.4 Å². The minimum absolute atomic E-state index is 0.0459. The molecular weight excluding hydrogens is 436 g/mol. The van der Waals surface area contributed by atoms with Crippen molar-refractivity contribution in [3.8, 4) is 11.5 Å². The molecule has 2 atom stereocenters. The van der Waals surface area contributed by atoms with E-state index in [0.29, 0.717) is 24.4 Å². The molecule has 1 aromatic heterocycles. The topological polar surface area (TPSA) is 117 Å². The SMILES string of the molecule is CC[C@@H]1CC(C=O)N(Cc2ccc(NC(=O)c3ccno3)cc2)N=C1c1ccc(OC)c(O)c1. The summed E-state index contributed by atoms with van der Waals surface area (Å²) in [7, 11) is 1.50. The van der Waals surface area contributed by atoms with Crippen LogP contribution in [0.2, 0.25) is 0 Å². The summed E-state index contributed by atoms with van der Waals surface area (Å²) in [5, 5.41) is 23.1. The molecule has 0 radical (unpaired) electrons. The third-order valence-electron chi connectivity index (χ3n) is 5.87. The van der Waals surface area contributed by atoms with Crippen LogP contribution < -0.4 is 10.1 Å². The summed E-state index contributed by atoms with van der Waals surface area (Å²) in [5.74, 6) is 0.275. The molecule has 0 fully saturated rings. The van der Waals surface area contributed by atoms with Gasteiger partial charge in [0.15, 0.2) is 11.5 Å². The van der Waals surface area contributed by atoms with Gasteiger partial charge in [-0.1, -0.05) is 24.2 Å². The van der Waals surface area contributed by atoms with Crippen molar-refractivity contribution in [1.82, 2.24) is 10.2 Å². The highest BCUT2D eigenvalue weighted by Crippen LogP contribution is 2.32. The van der Waals surface area contributed by atoms with Gasteiger partial charge in [-0.15, -0.1) is 0 Å². The smallest absolute Gasteiger partial charge is 0.294 e. The molecule has 176 valence electrons. The van der Waals surface area contributed by atoms with E-state index in [2.05, 4.69) is 17.4 Å². The summed E-state index contributed by atoms with van der Waals surface area (Å²) in [6.07, 6.45) is 3.80. The molecule has 0 saturated carbocycles. The molecule has 2 N–H and O–H groups in total. The van der Waals surface area contributed by atoms with Gasteiger partial charge in [-0.3, -0.25) is 9.80 Å². The van der Waals surface area contributed by atoms with Crippen LogP contribution in [-0.4, -0.2) is 46.3 Å². The van der Waals surface area contributed by atoms with Crippen LogP contribution >= 0.6 is 0 Å². The second kappa shape index (κ2) is 10.2. The molecule has 34 heavy (non-hydrogen) atoms. The average molecular weight is 463 g/mol. The van der Waals surface area contributed by atoms with Crippen LogP contribution in [0.3, 0.4) is 0 Å². The van der Waals surface area contributed by atoms with Crippen molar-refractivity contribution < 1.29 is 24.0 Å². The third kappa shape index (κ3) is 4.93. The van der Waals surface area contributed by atoms with Crippen molar-refractivity contribution in [2.24, 2.45) is 11.0 Å². The molecule has 0 aliphatic carbocycles. The Morgan fingerprint density at radius 2 is 2.06 bits per heavy atom. The normalized spacial score (nSPS) is 17.7. The first-order valence-electron chi connectivity index (χ1n) is 11.0. The lowest BCUT2D eigenvalue weighted by Crippen LogP contribution is -2.41. The Balaban J connectivity index is 1.54. The largest absolute Gasteiger partial charge is 0.504 e. The number of aromatic hydroxyl groups is 1. The minimum atomic E-state index is -0.384. The lowest BCUT2D eigenvalue weighted by molar-refractivity contribution is -0.113. The van der Waals surface area contributed by atoms with Crippen molar-refractivity contribution in [3.05, 3.63) is 71.6 Å². The summed E-state index contributed by atoms with van der Waals surface area (Å²) in [5.41, 5.74) is 3.17. The van der Waals surface area contributed by atoms with Crippen molar-refractivity contribution in [1.29, 1.82) is 0 Å². The van der Waals surface area contributed by atoms with Gasteiger partial charge in [0.05, 0.1) is 25.6 Å². The maximum atomic E-state index is 12.1. The van der Waals surface area contributed by atoms with E-state index in [1.807, 2.05) is 18.2 Å². The van der Waals surface area contributed by atoms with Gasteiger partial charge >= 0.3 is 0 Å². The van der Waals surface area contributed by atoms with E-state index in [0.717, 1.165) is 29.5 Å². The number of nitrogens with one attached hydrogen (secondary N) is 1. The van der Waals surface area contributed by atoms with Gasteiger partial charge in [-0.2, -0.15) is 5.10 Å². The number of rotatable bonds is 8. The van der Waals surface area contributed by atoms with E-state index < -0.39 is 0 Å². The molecule has 2 aromatic carbocycles. The number of carbonyl (C=O) groups excluding carboxylic acids is 2. The summed E-state index contributed by atoms with van der Waals surface area (Å²) in [6, 6.07) is 13.7. The molecule has 4 rings (SSSR count). The number of hydrogen-bond acceptors (Lipinski definition) is 8. The highest BCUT2D eigenvalue weighted by atomic mass is 16.5. The molecule has 1 aliphatic heterocycles. The summed E-state index contributed by atoms with van der Waals surface area (Å²) < 4.78 is 10.0. The lowest BCUT2D eigenvalue weighted by atomic mass is 9.87. The Labute approximate surface area is 197 Å². The molecule has 0 spiro atoms. The Morgan fingerprint density at radius 3 is 2.68 bits per heavy atom. The van der Waals surface area contributed by atoms with Crippen LogP contribution in [0.4, 0.5) is 5.69 Å². The third-order valence-corrected chi connectivity index (χ3v) is 5.87. The van der Waals surface area contributed by atoms with Gasteiger partial charge in [-0.05, 0) is 48.7 Å². The minimum Gasteiger partial charge on any atom is -0.504 e. The van der Waals surface area contributed by atoms with E-state index in [9.17, 15) is 14.7 Å². The number of hydrazone groups is 1. The van der Waals surface area contributed by atoms with Crippen LogP contribution in [0.1, 0.15) is 41.4 Å². The fourth-order valence-corrected chi connectivity index (χ4v) is 4.01. The van der Waals surface area contributed by atoms with Crippen LogP contribution in [0.5, 0.6) is 11.5 Å². The fourth-order valence-electron chi connectivity index (χ4n) is 4.01. The predicted molar refractivity (Wildman–Crippen MR) is 126 cm³/mol. The Bertz CT molecular complexity index is 1170. The Kier molecular flexibility index (Phi) is 6.91. The number of hydrogen-bond donors (Lipinski definition) is 2. The number of aldehydes is 1. The molecule has 1 aliphatic rings. The zero-order valence-electron chi connectivity index (χ0n) is 19.0. The first-order valence-corrected chi connectivity index (χ1v) is 11.0. The maximum Gasteiger partial charge on any atom is 0.294 e. The molecule has 9 heteroatoms. The molecule has 3 aromatic rings. The van der Waals surface area contributed by atoms with Gasteiger partial charge < -0.3 is 24.5 Å². The van der Waals surface area contributed by atoms with Gasteiger partial charge in [-0.25, -0.2) is 0 Å². The molecule has 1 unspecified atom stereocenters. The number of nitrogens with zero attached hydrogens (tertiary/aromatic N) is 3. The van der Waals surface area contributed by atoms with Crippen LogP contribution in [-0.2, 0) is 11.3 Å². The van der Waals surface area contributed by atoms with Crippen molar-refractivity contribution in [2.45, 2.75) is 32.4 Å². The fraction of sp³-hybridized carbons (Fsp3) is 0.280. The van der Waals surface area contributed by atoms with Crippen LogP contribution in [0.15, 0.2) is 64.4 Å². The summed E-state index contributed by atoms with van der Waals surface area (Å²) in [4.78, 5) is 24.0. The number of phenolic OH excluding ortho intramolecular Hbond substituents is 1. The molecule has 9 nitrogen and oxygen atoms in total. The number of amides is 1. The number of methoxy groups -OCH3 is 1. The van der Waals surface area contributed by atoms with Crippen LogP contribution in [0.25, 0.3) is 0 Å². The number of anilines is 1. The number of ether oxygens (including phenoxy) is 1. The van der Waals surface area contributed by atoms with Crippen LogP contribution in [0, 0.1) is 5.92 Å². The van der Waals surface area contributed by atoms with Gasteiger partial charge in [0.2, 0.25) is 5.76 Å². The number of benzene rings is 2. The first-order chi connectivity index (χ1) is 16.5. The Hall–Kier alpha value is -4.14. The van der Waals surface area contributed by atoms with Gasteiger partial charge in [0.1, 0.15) is 12.3 Å². The van der Waals surface area contributed by atoms with Gasteiger partial charge in [0, 0.05) is 23.2 Å². The second-order valence-electron chi connectivity index (χ2n) is 8.04. The average Bonchev–Trinajstić information content (AvgIpc) is 3.40. The summed E-state index contributed by atoms with van der Waals surface area (Å²) >= 11 is 0. The lowest BCUT2D eigenvalue weighted by Gasteiger charge is -2.35. The monoisotopic (exact) mass is 462 g/mol. The van der Waals surface area contributed by atoms with Crippen molar-refractivity contribution >= 4 is 23.6 Å². The molecule has 0 saturated heterocycles. The quantitative estimate of drug-likeness (QED) is 0.488. The predicted octanol–water partition coefficient (Wildman–Crippen LogP) is 3.84. The van der Waals surface area contributed by atoms with E-state index in [1.165, 1.54) is 19.4 Å². The highest BCUT2D eigenvalue weighted by molar-refractivity contribution is 6.03. The molecule has 0 bridgehead atoms. The van der Waals surface area contributed by atoms with E-state index in [1.54, 1.807) is 29.3 Å².